The summed E-state index contributed by atoms with van der Waals surface area (Å²) in [4.78, 5) is 13.1. The SMILES string of the molecule is CCc1cccc(CC)c1NC(=O)CSc1nnc(COc2cc(C)c(Br)cc2C(C)C)n1C1CCCCC1. The molecule has 6 nitrogen and oxygen atoms in total. The third-order valence-corrected chi connectivity index (χ3v) is 9.34. The van der Waals surface area contributed by atoms with E-state index in [0.717, 1.165) is 58.1 Å². The highest BCUT2D eigenvalue weighted by Gasteiger charge is 2.24. The number of aryl methyl sites for hydroxylation is 3. The molecule has 3 aromatic rings. The lowest BCUT2D eigenvalue weighted by atomic mass is 9.95. The Labute approximate surface area is 245 Å². The number of carbonyl (C=O) groups excluding carboxylic acids is 1. The lowest BCUT2D eigenvalue weighted by Crippen LogP contribution is -2.20. The van der Waals surface area contributed by atoms with Gasteiger partial charge in [-0.3, -0.25) is 9.36 Å². The molecule has 210 valence electrons. The molecule has 1 aliphatic rings. The fourth-order valence-corrected chi connectivity index (χ4v) is 6.49. The van der Waals surface area contributed by atoms with E-state index in [1.807, 2.05) is 0 Å². The molecule has 0 bridgehead atoms. The van der Waals surface area contributed by atoms with Gasteiger partial charge in [0.2, 0.25) is 5.91 Å². The zero-order valence-corrected chi connectivity index (χ0v) is 26.3. The number of aromatic nitrogens is 3. The van der Waals surface area contributed by atoms with Crippen LogP contribution in [0.3, 0.4) is 0 Å². The molecule has 1 heterocycles. The molecule has 0 saturated heterocycles. The maximum absolute atomic E-state index is 13.1. The first-order valence-electron chi connectivity index (χ1n) is 14.2. The third-order valence-electron chi connectivity index (χ3n) is 7.54. The van der Waals surface area contributed by atoms with Crippen LogP contribution in [0.4, 0.5) is 5.69 Å². The molecule has 1 aliphatic carbocycles. The zero-order chi connectivity index (χ0) is 27.9. The first-order chi connectivity index (χ1) is 18.8. The fraction of sp³-hybridized carbons (Fsp3) is 0.516. The summed E-state index contributed by atoms with van der Waals surface area (Å²) >= 11 is 5.13. The maximum atomic E-state index is 13.1. The molecule has 0 spiro atoms. The van der Waals surface area contributed by atoms with Crippen LogP contribution in [0, 0.1) is 6.92 Å². The van der Waals surface area contributed by atoms with Crippen LogP contribution in [0.15, 0.2) is 40.0 Å². The predicted octanol–water partition coefficient (Wildman–Crippen LogP) is 8.41. The quantitative estimate of drug-likeness (QED) is 0.220. The number of amides is 1. The molecule has 1 fully saturated rings. The predicted molar refractivity (Wildman–Crippen MR) is 164 cm³/mol. The summed E-state index contributed by atoms with van der Waals surface area (Å²) in [6.45, 7) is 11.0. The zero-order valence-electron chi connectivity index (χ0n) is 23.8. The van der Waals surface area contributed by atoms with Crippen LogP contribution in [0.2, 0.25) is 0 Å². The Morgan fingerprint density at radius 2 is 1.82 bits per heavy atom. The van der Waals surface area contributed by atoms with Gasteiger partial charge in [0.05, 0.1) is 5.75 Å². The summed E-state index contributed by atoms with van der Waals surface area (Å²) in [7, 11) is 0. The number of hydrogen-bond acceptors (Lipinski definition) is 5. The summed E-state index contributed by atoms with van der Waals surface area (Å²) in [5.74, 6) is 2.32. The number of carbonyl (C=O) groups is 1. The molecule has 0 atom stereocenters. The van der Waals surface area contributed by atoms with Gasteiger partial charge in [0.15, 0.2) is 11.0 Å². The monoisotopic (exact) mass is 612 g/mol. The van der Waals surface area contributed by atoms with Crippen LogP contribution < -0.4 is 10.1 Å². The van der Waals surface area contributed by atoms with Crippen molar-refractivity contribution in [3.63, 3.8) is 0 Å². The van der Waals surface area contributed by atoms with Crippen molar-refractivity contribution in [2.24, 2.45) is 0 Å². The maximum Gasteiger partial charge on any atom is 0.234 e. The highest BCUT2D eigenvalue weighted by Crippen LogP contribution is 2.35. The number of hydrogen-bond donors (Lipinski definition) is 1. The minimum Gasteiger partial charge on any atom is -0.485 e. The van der Waals surface area contributed by atoms with E-state index in [4.69, 9.17) is 4.74 Å². The van der Waals surface area contributed by atoms with Gasteiger partial charge in [-0.2, -0.15) is 0 Å². The molecule has 4 rings (SSSR count). The van der Waals surface area contributed by atoms with E-state index in [2.05, 4.69) is 101 Å². The molecule has 2 aromatic carbocycles. The topological polar surface area (TPSA) is 69.0 Å². The van der Waals surface area contributed by atoms with Crippen LogP contribution in [-0.2, 0) is 24.2 Å². The van der Waals surface area contributed by atoms with Crippen molar-refractivity contribution in [3.05, 3.63) is 62.9 Å². The van der Waals surface area contributed by atoms with Gasteiger partial charge in [0, 0.05) is 16.2 Å². The normalized spacial score (nSPS) is 14.1. The van der Waals surface area contributed by atoms with Gasteiger partial charge in [-0.25, -0.2) is 0 Å². The van der Waals surface area contributed by atoms with Crippen LogP contribution in [0.5, 0.6) is 5.75 Å². The Bertz CT molecular complexity index is 1260. The molecule has 8 heteroatoms. The summed E-state index contributed by atoms with van der Waals surface area (Å²) in [6, 6.07) is 10.8. The van der Waals surface area contributed by atoms with E-state index in [0.29, 0.717) is 18.6 Å². The Hall–Kier alpha value is -2.32. The number of halogens is 1. The Kier molecular flexibility index (Phi) is 10.5. The molecule has 0 aliphatic heterocycles. The summed E-state index contributed by atoms with van der Waals surface area (Å²) in [6.07, 6.45) is 7.63. The number of ether oxygens (including phenoxy) is 1. The van der Waals surface area contributed by atoms with Crippen molar-refractivity contribution in [1.29, 1.82) is 0 Å². The average Bonchev–Trinajstić information content (AvgIpc) is 3.35. The van der Waals surface area contributed by atoms with Crippen LogP contribution in [0.25, 0.3) is 0 Å². The third kappa shape index (κ3) is 7.26. The molecule has 1 saturated carbocycles. The molecule has 39 heavy (non-hydrogen) atoms. The lowest BCUT2D eigenvalue weighted by Gasteiger charge is -2.26. The van der Waals surface area contributed by atoms with Crippen molar-refractivity contribution in [3.8, 4) is 5.75 Å². The van der Waals surface area contributed by atoms with E-state index < -0.39 is 0 Å². The number of para-hydroxylation sites is 1. The smallest absolute Gasteiger partial charge is 0.234 e. The second-order valence-corrected chi connectivity index (χ2v) is 12.4. The number of benzene rings is 2. The second-order valence-electron chi connectivity index (χ2n) is 10.6. The van der Waals surface area contributed by atoms with Crippen LogP contribution >= 0.6 is 27.7 Å². The van der Waals surface area contributed by atoms with Crippen LogP contribution in [0.1, 0.15) is 99.8 Å². The number of nitrogens with zero attached hydrogens (tertiary/aromatic N) is 3. The number of anilines is 1. The Balaban J connectivity index is 1.52. The van der Waals surface area contributed by atoms with E-state index in [-0.39, 0.29) is 11.7 Å². The molecule has 1 aromatic heterocycles. The molecule has 1 N–H and O–H groups in total. The van der Waals surface area contributed by atoms with Crippen molar-refractivity contribution in [2.75, 3.05) is 11.1 Å². The van der Waals surface area contributed by atoms with Gasteiger partial charge in [-0.1, -0.05) is 92.8 Å². The number of nitrogens with one attached hydrogen (secondary N) is 1. The van der Waals surface area contributed by atoms with Gasteiger partial charge in [0.1, 0.15) is 12.4 Å². The van der Waals surface area contributed by atoms with Gasteiger partial charge in [-0.15, -0.1) is 10.2 Å². The Morgan fingerprint density at radius 3 is 2.46 bits per heavy atom. The summed E-state index contributed by atoms with van der Waals surface area (Å²) in [5.41, 5.74) is 5.60. The molecular formula is C31H41BrN4O2S. The van der Waals surface area contributed by atoms with Gasteiger partial charge < -0.3 is 10.1 Å². The average molecular weight is 614 g/mol. The largest absolute Gasteiger partial charge is 0.485 e. The molecule has 0 radical (unpaired) electrons. The van der Waals surface area contributed by atoms with Crippen LogP contribution in [-0.4, -0.2) is 26.4 Å². The highest BCUT2D eigenvalue weighted by atomic mass is 79.9. The van der Waals surface area contributed by atoms with Gasteiger partial charge >= 0.3 is 0 Å². The van der Waals surface area contributed by atoms with Crippen molar-refractivity contribution in [1.82, 2.24) is 14.8 Å². The first kappa shape index (κ1) is 29.7. The minimum absolute atomic E-state index is 0.0153. The van der Waals surface area contributed by atoms with E-state index in [1.165, 1.54) is 47.7 Å². The second kappa shape index (κ2) is 13.8. The lowest BCUT2D eigenvalue weighted by molar-refractivity contribution is -0.113. The summed E-state index contributed by atoms with van der Waals surface area (Å²) in [5, 5.41) is 13.1. The minimum atomic E-state index is -0.0153. The molecule has 1 amide bonds. The van der Waals surface area contributed by atoms with E-state index in [9.17, 15) is 4.79 Å². The van der Waals surface area contributed by atoms with E-state index >= 15 is 0 Å². The number of thioether (sulfide) groups is 1. The van der Waals surface area contributed by atoms with Crippen molar-refractivity contribution < 1.29 is 9.53 Å². The number of rotatable bonds is 11. The fourth-order valence-electron chi connectivity index (χ4n) is 5.31. The summed E-state index contributed by atoms with van der Waals surface area (Å²) < 4.78 is 9.72. The van der Waals surface area contributed by atoms with Gasteiger partial charge in [-0.05, 0) is 72.9 Å². The van der Waals surface area contributed by atoms with Crippen molar-refractivity contribution in [2.45, 2.75) is 103 Å². The first-order valence-corrected chi connectivity index (χ1v) is 16.0. The Morgan fingerprint density at radius 1 is 1.13 bits per heavy atom. The standard InChI is InChI=1S/C31H41BrN4O2S/c1-6-22-12-11-13-23(7-2)30(22)33-29(37)19-39-31-35-34-28(36(31)24-14-9-8-10-15-24)18-38-27-16-21(5)26(32)17-25(27)20(3)4/h11-13,16-17,20,24H,6-10,14-15,18-19H2,1-5H3,(H,33,37). The van der Waals surface area contributed by atoms with Crippen molar-refractivity contribution >= 4 is 39.3 Å². The van der Waals surface area contributed by atoms with E-state index in [1.54, 1.807) is 0 Å². The molecular weight excluding hydrogens is 572 g/mol. The van der Waals surface area contributed by atoms with Gasteiger partial charge in [0.25, 0.3) is 0 Å². The highest BCUT2D eigenvalue weighted by molar-refractivity contribution is 9.10. The molecule has 0 unspecified atom stereocenters.